The maximum Gasteiger partial charge on any atom is 0.309 e. The number of carbonyl (C=O) groups is 4. The third kappa shape index (κ3) is 5.60. The number of hydrogen-bond acceptors (Lipinski definition) is 7. The highest BCUT2D eigenvalue weighted by Gasteiger charge is 2.71. The number of rotatable bonds is 7. The van der Waals surface area contributed by atoms with E-state index in [4.69, 9.17) is 4.74 Å². The first-order chi connectivity index (χ1) is 23.5. The second-order valence-electron chi connectivity index (χ2n) is 19.4. The molecule has 0 saturated heterocycles. The van der Waals surface area contributed by atoms with Gasteiger partial charge in [-0.25, -0.2) is 9.97 Å². The van der Waals surface area contributed by atoms with Gasteiger partial charge in [0.2, 0.25) is 11.9 Å². The fraction of sp³-hybridized carbons (Fsp3) is 0.762. The van der Waals surface area contributed by atoms with Gasteiger partial charge in [0.25, 0.3) is 0 Å². The van der Waals surface area contributed by atoms with Gasteiger partial charge in [0.15, 0.2) is 5.78 Å². The lowest BCUT2D eigenvalue weighted by Gasteiger charge is -2.72. The SMILES string of the molecule is Cc1cc(C)nc(NC(=O)[C@@]23CC[C@]4(C)C(CCC5[C@@]6(C)CC[C@H](OC(=O)CC(C)(C)C(=O)O)C(C)(C)C6CC[C@]54C)C2=C(C(C)C)C(=O)C3)n1. The number of carbonyl (C=O) groups excluding carboxylic acids is 3. The number of ether oxygens (including phenoxy) is 1. The molecule has 4 fully saturated rings. The number of allylic oxidation sites excluding steroid dienone is 1. The van der Waals surface area contributed by atoms with Crippen LogP contribution in [0.3, 0.4) is 0 Å². The lowest BCUT2D eigenvalue weighted by molar-refractivity contribution is -0.233. The molecule has 0 aromatic carbocycles. The molecule has 0 bridgehead atoms. The first-order valence-corrected chi connectivity index (χ1v) is 19.4. The van der Waals surface area contributed by atoms with Gasteiger partial charge < -0.3 is 9.84 Å². The summed E-state index contributed by atoms with van der Waals surface area (Å²) >= 11 is 0. The fourth-order valence-corrected chi connectivity index (χ4v) is 12.7. The smallest absolute Gasteiger partial charge is 0.309 e. The summed E-state index contributed by atoms with van der Waals surface area (Å²) in [5, 5.41) is 12.7. The van der Waals surface area contributed by atoms with Crippen molar-refractivity contribution in [2.45, 2.75) is 146 Å². The van der Waals surface area contributed by atoms with Gasteiger partial charge in [-0.05, 0) is 136 Å². The molecule has 0 aliphatic heterocycles. The Kier molecular flexibility index (Phi) is 9.03. The first kappa shape index (κ1) is 37.7. The molecule has 5 aliphatic rings. The normalized spacial score (nSPS) is 37.2. The molecule has 51 heavy (non-hydrogen) atoms. The van der Waals surface area contributed by atoms with E-state index in [1.807, 2.05) is 19.9 Å². The van der Waals surface area contributed by atoms with Gasteiger partial charge >= 0.3 is 11.9 Å². The number of Topliss-reactive ketones (excluding diaryl/α,β-unsaturated/α-hetero) is 1. The Labute approximate surface area is 304 Å². The quantitative estimate of drug-likeness (QED) is 0.270. The Hall–Kier alpha value is -3.10. The van der Waals surface area contributed by atoms with E-state index in [0.717, 1.165) is 67.5 Å². The number of aromatic nitrogens is 2. The monoisotopic (exact) mass is 703 g/mol. The van der Waals surface area contributed by atoms with Crippen molar-refractivity contribution >= 4 is 29.6 Å². The molecule has 5 aliphatic carbocycles. The second-order valence-corrected chi connectivity index (χ2v) is 19.4. The number of anilines is 1. The minimum Gasteiger partial charge on any atom is -0.481 e. The number of amides is 1. The molecule has 1 amide bonds. The average Bonchev–Trinajstić information content (AvgIpc) is 3.31. The van der Waals surface area contributed by atoms with E-state index in [-0.39, 0.29) is 64.1 Å². The molecule has 1 aromatic rings. The predicted octanol–water partition coefficient (Wildman–Crippen LogP) is 8.43. The van der Waals surface area contributed by atoms with Crippen LogP contribution < -0.4 is 5.32 Å². The molecule has 280 valence electrons. The summed E-state index contributed by atoms with van der Waals surface area (Å²) in [5.41, 5.74) is 1.16. The van der Waals surface area contributed by atoms with Crippen molar-refractivity contribution in [3.63, 3.8) is 0 Å². The molecule has 1 aromatic heterocycles. The van der Waals surface area contributed by atoms with Gasteiger partial charge in [0.05, 0.1) is 17.3 Å². The van der Waals surface area contributed by atoms with E-state index in [9.17, 15) is 24.3 Å². The fourth-order valence-electron chi connectivity index (χ4n) is 12.7. The number of aryl methyl sites for hydroxylation is 2. The van der Waals surface area contributed by atoms with Gasteiger partial charge in [-0.3, -0.25) is 24.5 Å². The molecule has 2 N–H and O–H groups in total. The summed E-state index contributed by atoms with van der Waals surface area (Å²) in [6, 6.07) is 1.89. The van der Waals surface area contributed by atoms with Crippen molar-refractivity contribution < 1.29 is 29.0 Å². The molecule has 8 atom stereocenters. The highest BCUT2D eigenvalue weighted by Crippen LogP contribution is 2.76. The topological polar surface area (TPSA) is 136 Å². The Balaban J connectivity index is 1.31. The van der Waals surface area contributed by atoms with E-state index < -0.39 is 22.8 Å². The van der Waals surface area contributed by atoms with Gasteiger partial charge in [-0.15, -0.1) is 0 Å². The summed E-state index contributed by atoms with van der Waals surface area (Å²) in [7, 11) is 0. The Bertz CT molecular complexity index is 1670. The molecule has 9 heteroatoms. The van der Waals surface area contributed by atoms with Crippen LogP contribution in [0.2, 0.25) is 0 Å². The van der Waals surface area contributed by atoms with Gasteiger partial charge in [0.1, 0.15) is 6.10 Å². The summed E-state index contributed by atoms with van der Waals surface area (Å²) in [6.07, 6.45) is 7.03. The molecule has 4 saturated carbocycles. The number of nitrogens with zero attached hydrogens (tertiary/aromatic N) is 2. The third-order valence-electron chi connectivity index (χ3n) is 15.5. The summed E-state index contributed by atoms with van der Waals surface area (Å²) in [6.45, 7) is 23.1. The molecule has 0 radical (unpaired) electrons. The van der Waals surface area contributed by atoms with Crippen molar-refractivity contribution in [2.24, 2.45) is 56.2 Å². The zero-order valence-electron chi connectivity index (χ0n) is 32.9. The van der Waals surface area contributed by atoms with E-state index in [0.29, 0.717) is 24.2 Å². The maximum atomic E-state index is 14.5. The number of aliphatic carboxylic acids is 1. The van der Waals surface area contributed by atoms with Crippen molar-refractivity contribution in [3.8, 4) is 0 Å². The molecule has 0 spiro atoms. The van der Waals surface area contributed by atoms with Crippen LogP contribution in [-0.4, -0.2) is 44.8 Å². The first-order valence-electron chi connectivity index (χ1n) is 19.4. The van der Waals surface area contributed by atoms with Crippen molar-refractivity contribution in [3.05, 3.63) is 28.6 Å². The van der Waals surface area contributed by atoms with Crippen LogP contribution in [0.4, 0.5) is 5.95 Å². The largest absolute Gasteiger partial charge is 0.481 e. The summed E-state index contributed by atoms with van der Waals surface area (Å²) in [4.78, 5) is 62.4. The van der Waals surface area contributed by atoms with Crippen LogP contribution in [0, 0.1) is 70.0 Å². The number of nitrogens with one attached hydrogen (secondary N) is 1. The maximum absolute atomic E-state index is 14.5. The highest BCUT2D eigenvalue weighted by atomic mass is 16.5. The lowest BCUT2D eigenvalue weighted by atomic mass is 9.33. The number of carboxylic acids is 1. The van der Waals surface area contributed by atoms with Crippen LogP contribution in [0.5, 0.6) is 0 Å². The van der Waals surface area contributed by atoms with Crippen LogP contribution in [0.1, 0.15) is 138 Å². The molecular weight excluding hydrogens is 642 g/mol. The lowest BCUT2D eigenvalue weighted by Crippen LogP contribution is -2.66. The van der Waals surface area contributed by atoms with Crippen LogP contribution >= 0.6 is 0 Å². The molecule has 1 heterocycles. The van der Waals surface area contributed by atoms with E-state index in [1.165, 1.54) is 0 Å². The summed E-state index contributed by atoms with van der Waals surface area (Å²) < 4.78 is 6.15. The molecule has 9 nitrogen and oxygen atoms in total. The zero-order valence-corrected chi connectivity index (χ0v) is 32.9. The van der Waals surface area contributed by atoms with E-state index in [1.54, 1.807) is 13.8 Å². The standard InChI is InChI=1S/C42H61N3O6/c1-23(2)32-27(46)21-42(34(48)45-36-43-24(3)20-25(4)44-36)19-18-40(10)26(33(32)42)12-13-29-39(9)16-15-30(51-31(47)22-37(5,6)35(49)50)38(7,8)28(39)14-17-41(29,40)11/h20,23,26,28-30H,12-19,21-22H2,1-11H3,(H,49,50)(H,43,44,45,48)/t26?,28?,29?,30-,39-,40+,41+,42+/m0/s1. The predicted molar refractivity (Wildman–Crippen MR) is 195 cm³/mol. The van der Waals surface area contributed by atoms with E-state index in [2.05, 4.69) is 63.8 Å². The van der Waals surface area contributed by atoms with Crippen molar-refractivity contribution in [2.75, 3.05) is 5.32 Å². The zero-order chi connectivity index (χ0) is 37.7. The average molecular weight is 704 g/mol. The third-order valence-corrected chi connectivity index (χ3v) is 15.5. The number of ketones is 1. The van der Waals surface area contributed by atoms with Crippen molar-refractivity contribution in [1.82, 2.24) is 9.97 Å². The van der Waals surface area contributed by atoms with Gasteiger partial charge in [-0.2, -0.15) is 0 Å². The second kappa shape index (κ2) is 12.2. The number of carboxylic acid groups (broad SMARTS) is 1. The van der Waals surface area contributed by atoms with Crippen LogP contribution in [0.15, 0.2) is 17.2 Å². The Morgan fingerprint density at radius 1 is 0.922 bits per heavy atom. The minimum absolute atomic E-state index is 0.00754. The summed E-state index contributed by atoms with van der Waals surface area (Å²) in [5.74, 6) is -0.212. The minimum atomic E-state index is -1.17. The van der Waals surface area contributed by atoms with Gasteiger partial charge in [-0.1, -0.05) is 48.5 Å². The number of esters is 1. The molecule has 3 unspecified atom stereocenters. The van der Waals surface area contributed by atoms with Gasteiger partial charge in [0, 0.05) is 23.2 Å². The van der Waals surface area contributed by atoms with E-state index >= 15 is 0 Å². The van der Waals surface area contributed by atoms with Crippen molar-refractivity contribution in [1.29, 1.82) is 0 Å². The number of hydrogen-bond donors (Lipinski definition) is 2. The number of fused-ring (bicyclic) bond motifs is 7. The Morgan fingerprint density at radius 3 is 2.18 bits per heavy atom. The highest BCUT2D eigenvalue weighted by molar-refractivity contribution is 6.09. The Morgan fingerprint density at radius 2 is 1.57 bits per heavy atom. The molecule has 6 rings (SSSR count). The van der Waals surface area contributed by atoms with Crippen LogP contribution in [-0.2, 0) is 23.9 Å². The molecular formula is C42H61N3O6. The van der Waals surface area contributed by atoms with Crippen LogP contribution in [0.25, 0.3) is 0 Å².